The largest absolute Gasteiger partial charge is 0.416 e. The maximum atomic E-state index is 12.9. The number of carbonyl (C=O) groups excluding carboxylic acids is 1. The zero-order chi connectivity index (χ0) is 24.5. The summed E-state index contributed by atoms with van der Waals surface area (Å²) in [5, 5.41) is 11.9. The van der Waals surface area contributed by atoms with Crippen LogP contribution >= 0.6 is 11.6 Å². The molecule has 0 radical (unpaired) electrons. The number of nitrogens with one attached hydrogen (secondary N) is 1. The van der Waals surface area contributed by atoms with Crippen LogP contribution in [-0.2, 0) is 19.3 Å². The average molecular weight is 488 g/mol. The fraction of sp³-hybridized carbons (Fsp3) is 0.208. The van der Waals surface area contributed by atoms with E-state index in [1.165, 1.54) is 16.9 Å². The third-order valence-electron chi connectivity index (χ3n) is 5.30. The number of anilines is 1. The summed E-state index contributed by atoms with van der Waals surface area (Å²) >= 11 is 6.21. The Kier molecular flexibility index (Phi) is 6.47. The highest BCUT2D eigenvalue weighted by Gasteiger charge is 2.30. The second-order valence-corrected chi connectivity index (χ2v) is 8.30. The monoisotopic (exact) mass is 487 g/mol. The van der Waals surface area contributed by atoms with Crippen molar-refractivity contribution in [1.82, 2.24) is 19.6 Å². The minimum Gasteiger partial charge on any atom is -0.319 e. The van der Waals surface area contributed by atoms with Crippen molar-refractivity contribution in [2.24, 2.45) is 0 Å². The van der Waals surface area contributed by atoms with Crippen LogP contribution in [-0.4, -0.2) is 25.5 Å². The highest BCUT2D eigenvalue weighted by Crippen LogP contribution is 2.29. The van der Waals surface area contributed by atoms with Crippen LogP contribution in [0.1, 0.15) is 38.4 Å². The number of hydrogen-bond donors (Lipinski definition) is 1. The number of halogens is 4. The highest BCUT2D eigenvalue weighted by molar-refractivity contribution is 6.31. The standard InChI is InChI=1S/C24H21ClF3N5O/c1-15-22(25)16(2)33(31-15)13-17-5-3-7-19(9-17)23(34)30-21-11-29-32(14-21)12-18-6-4-8-20(10-18)24(26,27)28/h3-11,14H,12-13H2,1-2H3,(H,30,34). The van der Waals surface area contributed by atoms with Crippen LogP contribution in [0.3, 0.4) is 0 Å². The van der Waals surface area contributed by atoms with Gasteiger partial charge >= 0.3 is 6.18 Å². The van der Waals surface area contributed by atoms with Gasteiger partial charge in [-0.1, -0.05) is 35.9 Å². The summed E-state index contributed by atoms with van der Waals surface area (Å²) in [5.74, 6) is -0.327. The predicted octanol–water partition coefficient (Wildman–Crippen LogP) is 5.72. The maximum Gasteiger partial charge on any atom is 0.416 e. The number of aromatic nitrogens is 4. The van der Waals surface area contributed by atoms with Crippen molar-refractivity contribution in [3.63, 3.8) is 0 Å². The van der Waals surface area contributed by atoms with Crippen molar-refractivity contribution in [3.05, 3.63) is 99.6 Å². The summed E-state index contributed by atoms with van der Waals surface area (Å²) in [4.78, 5) is 12.7. The van der Waals surface area contributed by atoms with Crippen molar-refractivity contribution >= 4 is 23.2 Å². The van der Waals surface area contributed by atoms with Crippen molar-refractivity contribution in [2.45, 2.75) is 33.1 Å². The predicted molar refractivity (Wildman–Crippen MR) is 123 cm³/mol. The van der Waals surface area contributed by atoms with E-state index in [1.807, 2.05) is 19.9 Å². The Labute approximate surface area is 199 Å². The van der Waals surface area contributed by atoms with Gasteiger partial charge in [0.25, 0.3) is 5.91 Å². The van der Waals surface area contributed by atoms with Gasteiger partial charge < -0.3 is 5.32 Å². The fourth-order valence-corrected chi connectivity index (χ4v) is 3.70. The van der Waals surface area contributed by atoms with Gasteiger partial charge in [0.15, 0.2) is 0 Å². The highest BCUT2D eigenvalue weighted by atomic mass is 35.5. The molecular formula is C24H21ClF3N5O. The van der Waals surface area contributed by atoms with Crippen LogP contribution < -0.4 is 5.32 Å². The molecule has 0 aliphatic heterocycles. The van der Waals surface area contributed by atoms with Crippen LogP contribution in [0.5, 0.6) is 0 Å². The van der Waals surface area contributed by atoms with E-state index in [-0.39, 0.29) is 12.5 Å². The lowest BCUT2D eigenvalue weighted by Gasteiger charge is -2.09. The third-order valence-corrected chi connectivity index (χ3v) is 5.85. The number of carbonyl (C=O) groups is 1. The molecule has 2 aromatic carbocycles. The second-order valence-electron chi connectivity index (χ2n) is 7.92. The minimum atomic E-state index is -4.41. The quantitative estimate of drug-likeness (QED) is 0.378. The normalized spacial score (nSPS) is 11.6. The SMILES string of the molecule is Cc1nn(Cc2cccc(C(=O)Nc3cnn(Cc4cccc(C(F)(F)F)c4)c3)c2)c(C)c1Cl. The summed E-state index contributed by atoms with van der Waals surface area (Å²) in [6.45, 7) is 4.33. The summed E-state index contributed by atoms with van der Waals surface area (Å²) in [6.07, 6.45) is -1.39. The molecule has 1 N–H and O–H groups in total. The van der Waals surface area contributed by atoms with Gasteiger partial charge in [-0.2, -0.15) is 23.4 Å². The van der Waals surface area contributed by atoms with Crippen LogP contribution in [0.25, 0.3) is 0 Å². The molecule has 2 heterocycles. The first-order chi connectivity index (χ1) is 16.1. The molecule has 4 aromatic rings. The Morgan fingerprint density at radius 3 is 2.44 bits per heavy atom. The number of benzene rings is 2. The lowest BCUT2D eigenvalue weighted by molar-refractivity contribution is -0.137. The molecular weight excluding hydrogens is 467 g/mol. The van der Waals surface area contributed by atoms with Gasteiger partial charge in [0.2, 0.25) is 0 Å². The number of rotatable bonds is 6. The zero-order valence-corrected chi connectivity index (χ0v) is 19.2. The number of nitrogens with zero attached hydrogens (tertiary/aromatic N) is 4. The van der Waals surface area contributed by atoms with Crippen LogP contribution in [0.4, 0.5) is 18.9 Å². The van der Waals surface area contributed by atoms with Crippen LogP contribution in [0, 0.1) is 13.8 Å². The van der Waals surface area contributed by atoms with Crippen LogP contribution in [0.2, 0.25) is 5.02 Å². The zero-order valence-electron chi connectivity index (χ0n) is 18.4. The Morgan fingerprint density at radius 2 is 1.76 bits per heavy atom. The van der Waals surface area contributed by atoms with Gasteiger partial charge in [0.05, 0.1) is 46.9 Å². The fourth-order valence-electron chi connectivity index (χ4n) is 3.56. The summed E-state index contributed by atoms with van der Waals surface area (Å²) in [5.41, 5.74) is 3.11. The van der Waals surface area contributed by atoms with E-state index < -0.39 is 11.7 Å². The summed E-state index contributed by atoms with van der Waals surface area (Å²) in [6, 6.07) is 12.2. The number of aryl methyl sites for hydroxylation is 1. The summed E-state index contributed by atoms with van der Waals surface area (Å²) in [7, 11) is 0. The van der Waals surface area contributed by atoms with Gasteiger partial charge in [-0.25, -0.2) is 0 Å². The smallest absolute Gasteiger partial charge is 0.319 e. The van der Waals surface area contributed by atoms with Gasteiger partial charge in [0, 0.05) is 11.8 Å². The number of hydrogen-bond acceptors (Lipinski definition) is 3. The van der Waals surface area contributed by atoms with E-state index in [9.17, 15) is 18.0 Å². The molecule has 6 nitrogen and oxygen atoms in total. The first-order valence-corrected chi connectivity index (χ1v) is 10.8. The van der Waals surface area contributed by atoms with Gasteiger partial charge in [-0.15, -0.1) is 0 Å². The molecule has 1 amide bonds. The van der Waals surface area contributed by atoms with Crippen molar-refractivity contribution in [1.29, 1.82) is 0 Å². The van der Waals surface area contributed by atoms with E-state index in [0.29, 0.717) is 28.4 Å². The van der Waals surface area contributed by atoms with E-state index >= 15 is 0 Å². The van der Waals surface area contributed by atoms with E-state index in [1.54, 1.807) is 35.1 Å². The van der Waals surface area contributed by atoms with Crippen molar-refractivity contribution in [3.8, 4) is 0 Å². The molecule has 0 spiro atoms. The molecule has 0 aliphatic carbocycles. The number of amides is 1. The molecule has 0 aliphatic rings. The Morgan fingerprint density at radius 1 is 1.06 bits per heavy atom. The second kappa shape index (κ2) is 9.34. The molecule has 0 saturated heterocycles. The molecule has 0 atom stereocenters. The van der Waals surface area contributed by atoms with E-state index in [4.69, 9.17) is 11.6 Å². The lowest BCUT2D eigenvalue weighted by Crippen LogP contribution is -2.12. The first-order valence-electron chi connectivity index (χ1n) is 10.4. The molecule has 10 heteroatoms. The molecule has 0 fully saturated rings. The summed E-state index contributed by atoms with van der Waals surface area (Å²) < 4.78 is 42.0. The third kappa shape index (κ3) is 5.31. The molecule has 0 saturated carbocycles. The molecule has 176 valence electrons. The van der Waals surface area contributed by atoms with E-state index in [0.717, 1.165) is 29.1 Å². The molecule has 0 unspecified atom stereocenters. The molecule has 34 heavy (non-hydrogen) atoms. The first kappa shape index (κ1) is 23.6. The maximum absolute atomic E-state index is 12.9. The average Bonchev–Trinajstić information content (AvgIpc) is 3.32. The molecule has 4 rings (SSSR count). The van der Waals surface area contributed by atoms with Gasteiger partial charge in [0.1, 0.15) is 0 Å². The van der Waals surface area contributed by atoms with Gasteiger partial charge in [-0.05, 0) is 49.2 Å². The van der Waals surface area contributed by atoms with Gasteiger partial charge in [-0.3, -0.25) is 14.2 Å². The lowest BCUT2D eigenvalue weighted by atomic mass is 10.1. The molecule has 2 aromatic heterocycles. The Balaban J connectivity index is 1.43. The van der Waals surface area contributed by atoms with Crippen molar-refractivity contribution < 1.29 is 18.0 Å². The Hall–Kier alpha value is -3.59. The van der Waals surface area contributed by atoms with Crippen LogP contribution in [0.15, 0.2) is 60.9 Å². The Bertz CT molecular complexity index is 1340. The van der Waals surface area contributed by atoms with E-state index in [2.05, 4.69) is 15.5 Å². The molecule has 0 bridgehead atoms. The van der Waals surface area contributed by atoms with Crippen molar-refractivity contribution in [2.75, 3.05) is 5.32 Å². The number of alkyl halides is 3. The minimum absolute atomic E-state index is 0.139. The topological polar surface area (TPSA) is 64.7 Å².